The second-order valence-corrected chi connectivity index (χ2v) is 5.69. The van der Waals surface area contributed by atoms with E-state index in [2.05, 4.69) is 12.2 Å². The van der Waals surface area contributed by atoms with Gasteiger partial charge in [0.25, 0.3) is 5.91 Å². The van der Waals surface area contributed by atoms with Crippen molar-refractivity contribution >= 4 is 40.3 Å². The van der Waals surface area contributed by atoms with E-state index in [9.17, 15) is 4.79 Å². The van der Waals surface area contributed by atoms with Gasteiger partial charge >= 0.3 is 0 Å². The predicted octanol–water partition coefficient (Wildman–Crippen LogP) is 2.80. The van der Waals surface area contributed by atoms with Gasteiger partial charge in [-0.05, 0) is 5.56 Å². The van der Waals surface area contributed by atoms with Gasteiger partial charge in [0.1, 0.15) is 0 Å². The van der Waals surface area contributed by atoms with Gasteiger partial charge in [-0.15, -0.1) is 0 Å². The first-order valence-corrected chi connectivity index (χ1v) is 7.58. The van der Waals surface area contributed by atoms with Gasteiger partial charge in [0.15, 0.2) is 4.32 Å². The van der Waals surface area contributed by atoms with Crippen molar-refractivity contribution in [3.05, 3.63) is 42.0 Å². The molecule has 2 rings (SSSR count). The SMILES string of the molecule is CCN(CC=Cc1ccccc1)N1C(=O)CSC1=S. The molecule has 3 nitrogen and oxygen atoms in total. The lowest BCUT2D eigenvalue weighted by atomic mass is 10.2. The number of carbonyl (C=O) groups excluding carboxylic acids is 1. The summed E-state index contributed by atoms with van der Waals surface area (Å²) in [6.45, 7) is 3.46. The van der Waals surface area contributed by atoms with E-state index < -0.39 is 0 Å². The number of rotatable bonds is 5. The molecule has 0 unspecified atom stereocenters. The monoisotopic (exact) mass is 292 g/mol. The smallest absolute Gasteiger partial charge is 0.253 e. The number of hydrazine groups is 1. The molecule has 0 bridgehead atoms. The molecule has 1 aromatic rings. The van der Waals surface area contributed by atoms with Crippen molar-refractivity contribution in [2.45, 2.75) is 6.92 Å². The van der Waals surface area contributed by atoms with Crippen LogP contribution in [0.4, 0.5) is 0 Å². The summed E-state index contributed by atoms with van der Waals surface area (Å²) in [6.07, 6.45) is 4.11. The number of benzene rings is 1. The number of thioether (sulfide) groups is 1. The van der Waals surface area contributed by atoms with E-state index >= 15 is 0 Å². The van der Waals surface area contributed by atoms with Crippen molar-refractivity contribution in [2.24, 2.45) is 0 Å². The van der Waals surface area contributed by atoms with Crippen LogP contribution in [0.2, 0.25) is 0 Å². The molecule has 1 fully saturated rings. The number of hydrogen-bond donors (Lipinski definition) is 0. The molecule has 0 saturated carbocycles. The Morgan fingerprint density at radius 3 is 2.74 bits per heavy atom. The zero-order valence-corrected chi connectivity index (χ0v) is 12.4. The highest BCUT2D eigenvalue weighted by atomic mass is 32.2. The molecule has 1 heterocycles. The number of thiocarbonyl (C=S) groups is 1. The fourth-order valence-electron chi connectivity index (χ4n) is 1.85. The zero-order valence-electron chi connectivity index (χ0n) is 10.8. The second-order valence-electron chi connectivity index (χ2n) is 4.08. The van der Waals surface area contributed by atoms with Crippen LogP contribution >= 0.6 is 24.0 Å². The maximum absolute atomic E-state index is 11.8. The summed E-state index contributed by atoms with van der Waals surface area (Å²) >= 11 is 6.64. The summed E-state index contributed by atoms with van der Waals surface area (Å²) in [6, 6.07) is 10.1. The highest BCUT2D eigenvalue weighted by Gasteiger charge is 2.30. The minimum atomic E-state index is 0.0740. The van der Waals surface area contributed by atoms with Crippen molar-refractivity contribution in [2.75, 3.05) is 18.8 Å². The van der Waals surface area contributed by atoms with Crippen molar-refractivity contribution in [3.8, 4) is 0 Å². The Bertz CT molecular complexity index is 471. The van der Waals surface area contributed by atoms with E-state index in [4.69, 9.17) is 12.2 Å². The number of amides is 1. The van der Waals surface area contributed by atoms with Crippen LogP contribution < -0.4 is 0 Å². The maximum Gasteiger partial charge on any atom is 0.253 e. The molecule has 0 aromatic heterocycles. The standard InChI is InChI=1S/C14H16N2OS2/c1-2-15(16-13(17)11-19-14(16)18)10-6-9-12-7-4-3-5-8-12/h3-9H,2,10-11H2,1H3. The molecule has 1 aliphatic rings. The van der Waals surface area contributed by atoms with Gasteiger partial charge < -0.3 is 0 Å². The Kier molecular flexibility index (Phi) is 5.13. The third-order valence-corrected chi connectivity index (χ3v) is 4.14. The minimum absolute atomic E-state index is 0.0740. The van der Waals surface area contributed by atoms with Crippen molar-refractivity contribution in [3.63, 3.8) is 0 Å². The third-order valence-electron chi connectivity index (χ3n) is 2.80. The molecule has 1 saturated heterocycles. The van der Waals surface area contributed by atoms with Crippen LogP contribution in [0, 0.1) is 0 Å². The molecule has 100 valence electrons. The number of carbonyl (C=O) groups is 1. The Morgan fingerprint density at radius 2 is 2.16 bits per heavy atom. The molecule has 5 heteroatoms. The van der Waals surface area contributed by atoms with Crippen LogP contribution in [-0.2, 0) is 4.79 Å². The Hall–Kier alpha value is -1.17. The normalized spacial score (nSPS) is 16.0. The van der Waals surface area contributed by atoms with Gasteiger partial charge in [-0.1, -0.05) is 73.4 Å². The lowest BCUT2D eigenvalue weighted by molar-refractivity contribution is -0.134. The minimum Gasteiger partial charge on any atom is -0.272 e. The maximum atomic E-state index is 11.8. The zero-order chi connectivity index (χ0) is 13.7. The highest BCUT2D eigenvalue weighted by Crippen LogP contribution is 2.21. The number of hydrogen-bond acceptors (Lipinski definition) is 4. The summed E-state index contributed by atoms with van der Waals surface area (Å²) < 4.78 is 0.653. The lowest BCUT2D eigenvalue weighted by Crippen LogP contribution is -2.45. The van der Waals surface area contributed by atoms with Gasteiger partial charge in [-0.2, -0.15) is 0 Å². The quantitative estimate of drug-likeness (QED) is 0.779. The van der Waals surface area contributed by atoms with E-state index in [0.29, 0.717) is 16.6 Å². The molecule has 1 amide bonds. The molecule has 1 aromatic carbocycles. The average Bonchev–Trinajstić information content (AvgIpc) is 2.76. The molecule has 0 radical (unpaired) electrons. The second kappa shape index (κ2) is 6.84. The largest absolute Gasteiger partial charge is 0.272 e. The highest BCUT2D eigenvalue weighted by molar-refractivity contribution is 8.23. The molecular weight excluding hydrogens is 276 g/mol. The fourth-order valence-corrected chi connectivity index (χ4v) is 2.95. The molecular formula is C14H16N2OS2. The van der Waals surface area contributed by atoms with E-state index in [1.807, 2.05) is 42.3 Å². The van der Waals surface area contributed by atoms with Gasteiger partial charge in [0.05, 0.1) is 5.75 Å². The van der Waals surface area contributed by atoms with Crippen molar-refractivity contribution in [1.29, 1.82) is 0 Å². The first-order valence-electron chi connectivity index (χ1n) is 6.18. The Balaban J connectivity index is 1.98. The summed E-state index contributed by atoms with van der Waals surface area (Å²) in [5.74, 6) is 0.530. The lowest BCUT2D eigenvalue weighted by Gasteiger charge is -2.28. The van der Waals surface area contributed by atoms with Crippen LogP contribution in [0.1, 0.15) is 12.5 Å². The van der Waals surface area contributed by atoms with E-state index in [0.717, 1.165) is 12.1 Å². The number of nitrogens with zero attached hydrogens (tertiary/aromatic N) is 2. The molecule has 1 aliphatic heterocycles. The molecule has 0 spiro atoms. The topological polar surface area (TPSA) is 23.6 Å². The summed E-state index contributed by atoms with van der Waals surface area (Å²) in [5.41, 5.74) is 1.16. The summed E-state index contributed by atoms with van der Waals surface area (Å²) in [7, 11) is 0. The first-order chi connectivity index (χ1) is 9.22. The van der Waals surface area contributed by atoms with E-state index in [-0.39, 0.29) is 5.91 Å². The van der Waals surface area contributed by atoms with Gasteiger partial charge in [-0.3, -0.25) is 4.79 Å². The Labute approximate surface area is 123 Å². The van der Waals surface area contributed by atoms with Crippen LogP contribution in [0.15, 0.2) is 36.4 Å². The van der Waals surface area contributed by atoms with E-state index in [1.165, 1.54) is 11.8 Å². The Morgan fingerprint density at radius 1 is 1.42 bits per heavy atom. The van der Waals surface area contributed by atoms with Crippen LogP contribution in [-0.4, -0.2) is 39.1 Å². The third kappa shape index (κ3) is 3.65. The van der Waals surface area contributed by atoms with Crippen molar-refractivity contribution < 1.29 is 4.79 Å². The van der Waals surface area contributed by atoms with Crippen molar-refractivity contribution in [1.82, 2.24) is 10.0 Å². The van der Waals surface area contributed by atoms with Crippen LogP contribution in [0.5, 0.6) is 0 Å². The summed E-state index contributed by atoms with van der Waals surface area (Å²) in [5, 5.41) is 3.58. The predicted molar refractivity (Wildman–Crippen MR) is 84.6 cm³/mol. The molecule has 0 aliphatic carbocycles. The van der Waals surface area contributed by atoms with Crippen LogP contribution in [0.3, 0.4) is 0 Å². The van der Waals surface area contributed by atoms with Gasteiger partial charge in [0.2, 0.25) is 0 Å². The molecule has 19 heavy (non-hydrogen) atoms. The molecule has 0 N–H and O–H groups in total. The van der Waals surface area contributed by atoms with Crippen LogP contribution in [0.25, 0.3) is 6.08 Å². The first kappa shape index (κ1) is 14.2. The fraction of sp³-hybridized carbons (Fsp3) is 0.286. The van der Waals surface area contributed by atoms with E-state index in [1.54, 1.807) is 5.01 Å². The summed E-state index contributed by atoms with van der Waals surface area (Å²) in [4.78, 5) is 11.8. The number of likely N-dealkylation sites (N-methyl/N-ethyl adjacent to an activating group) is 1. The molecule has 0 atom stereocenters. The average molecular weight is 292 g/mol. The van der Waals surface area contributed by atoms with Gasteiger partial charge in [-0.25, -0.2) is 10.0 Å². The van der Waals surface area contributed by atoms with Gasteiger partial charge in [0, 0.05) is 13.1 Å².